The molecule has 1 aliphatic carbocycles. The number of halogens is 1. The number of hydrogen-bond acceptors (Lipinski definition) is 2. The molecule has 0 amide bonds. The predicted octanol–water partition coefficient (Wildman–Crippen LogP) is 4.01. The summed E-state index contributed by atoms with van der Waals surface area (Å²) in [4.78, 5) is 0. The van der Waals surface area contributed by atoms with E-state index in [-0.39, 0.29) is 5.92 Å². The summed E-state index contributed by atoms with van der Waals surface area (Å²) in [5.74, 6) is 0.176. The van der Waals surface area contributed by atoms with Crippen LogP contribution in [-0.2, 0) is 6.54 Å². The van der Waals surface area contributed by atoms with E-state index in [4.69, 9.17) is 0 Å². The fourth-order valence-corrected chi connectivity index (χ4v) is 3.01. The first-order valence-electron chi connectivity index (χ1n) is 6.67. The molecule has 1 N–H and O–H groups in total. The summed E-state index contributed by atoms with van der Waals surface area (Å²) < 4.78 is 1.14. The topological polar surface area (TPSA) is 35.8 Å². The first-order valence-corrected chi connectivity index (χ1v) is 7.47. The molecule has 0 bridgehead atoms. The minimum Gasteiger partial charge on any atom is -0.309 e. The SMILES string of the molecule is N#CC1CCCCCC1NCc1ccccc1Br. The number of nitrogens with zero attached hydrogens (tertiary/aromatic N) is 1. The molecule has 2 unspecified atom stereocenters. The zero-order valence-electron chi connectivity index (χ0n) is 10.5. The van der Waals surface area contributed by atoms with E-state index in [1.165, 1.54) is 24.8 Å². The number of nitrogens with one attached hydrogen (secondary N) is 1. The lowest BCUT2D eigenvalue weighted by atomic mass is 9.96. The van der Waals surface area contributed by atoms with Crippen LogP contribution in [0, 0.1) is 17.2 Å². The van der Waals surface area contributed by atoms with Gasteiger partial charge < -0.3 is 5.32 Å². The lowest BCUT2D eigenvalue weighted by Crippen LogP contribution is -2.34. The summed E-state index contributed by atoms with van der Waals surface area (Å²) in [5, 5.41) is 12.8. The Bertz CT molecular complexity index is 425. The highest BCUT2D eigenvalue weighted by atomic mass is 79.9. The molecule has 2 nitrogen and oxygen atoms in total. The Morgan fingerprint density at radius 1 is 1.22 bits per heavy atom. The Kier molecular flexibility index (Phi) is 5.22. The molecule has 2 atom stereocenters. The average molecular weight is 307 g/mol. The van der Waals surface area contributed by atoms with E-state index in [0.717, 1.165) is 23.9 Å². The van der Waals surface area contributed by atoms with Gasteiger partial charge in [-0.25, -0.2) is 0 Å². The standard InChI is InChI=1S/C15H19BrN2/c16-14-8-5-4-7-13(14)11-18-15-9-3-1-2-6-12(15)10-17/h4-5,7-8,12,15,18H,1-3,6,9,11H2. The molecule has 3 heteroatoms. The number of rotatable bonds is 3. The van der Waals surface area contributed by atoms with E-state index in [1.54, 1.807) is 0 Å². The summed E-state index contributed by atoms with van der Waals surface area (Å²) in [7, 11) is 0. The highest BCUT2D eigenvalue weighted by molar-refractivity contribution is 9.10. The van der Waals surface area contributed by atoms with Crippen molar-refractivity contribution in [3.8, 4) is 6.07 Å². The van der Waals surface area contributed by atoms with Gasteiger partial charge in [0, 0.05) is 17.1 Å². The third-order valence-electron chi connectivity index (χ3n) is 3.69. The zero-order chi connectivity index (χ0) is 12.8. The van der Waals surface area contributed by atoms with Crippen LogP contribution in [0.5, 0.6) is 0 Å². The van der Waals surface area contributed by atoms with E-state index in [9.17, 15) is 5.26 Å². The lowest BCUT2D eigenvalue weighted by Gasteiger charge is -2.21. The predicted molar refractivity (Wildman–Crippen MR) is 77.0 cm³/mol. The first kappa shape index (κ1) is 13.6. The third kappa shape index (κ3) is 3.57. The fraction of sp³-hybridized carbons (Fsp3) is 0.533. The molecule has 0 heterocycles. The van der Waals surface area contributed by atoms with E-state index in [2.05, 4.69) is 45.5 Å². The highest BCUT2D eigenvalue weighted by Crippen LogP contribution is 2.24. The molecule has 96 valence electrons. The van der Waals surface area contributed by atoms with E-state index >= 15 is 0 Å². The summed E-state index contributed by atoms with van der Waals surface area (Å²) in [6, 6.07) is 11.1. The maximum atomic E-state index is 9.24. The van der Waals surface area contributed by atoms with Crippen LogP contribution in [0.4, 0.5) is 0 Å². The molecule has 0 saturated heterocycles. The van der Waals surface area contributed by atoms with Gasteiger partial charge in [-0.3, -0.25) is 0 Å². The van der Waals surface area contributed by atoms with Gasteiger partial charge >= 0.3 is 0 Å². The molecule has 1 fully saturated rings. The second-order valence-corrected chi connectivity index (χ2v) is 5.81. The van der Waals surface area contributed by atoms with Crippen LogP contribution in [0.25, 0.3) is 0 Å². The zero-order valence-corrected chi connectivity index (χ0v) is 12.1. The largest absolute Gasteiger partial charge is 0.309 e. The number of benzene rings is 1. The van der Waals surface area contributed by atoms with Gasteiger partial charge in [0.25, 0.3) is 0 Å². The van der Waals surface area contributed by atoms with E-state index in [0.29, 0.717) is 6.04 Å². The van der Waals surface area contributed by atoms with Crippen molar-refractivity contribution in [2.75, 3.05) is 0 Å². The van der Waals surface area contributed by atoms with Crippen molar-refractivity contribution in [1.29, 1.82) is 5.26 Å². The lowest BCUT2D eigenvalue weighted by molar-refractivity contribution is 0.393. The van der Waals surface area contributed by atoms with E-state index < -0.39 is 0 Å². The number of nitriles is 1. The van der Waals surface area contributed by atoms with Crippen LogP contribution in [0.1, 0.15) is 37.7 Å². The molecule has 1 saturated carbocycles. The van der Waals surface area contributed by atoms with Gasteiger partial charge in [-0.1, -0.05) is 53.4 Å². The van der Waals surface area contributed by atoms with Gasteiger partial charge in [-0.2, -0.15) is 5.26 Å². The summed E-state index contributed by atoms with van der Waals surface area (Å²) in [6.45, 7) is 0.838. The second kappa shape index (κ2) is 6.92. The van der Waals surface area contributed by atoms with Gasteiger partial charge in [0.15, 0.2) is 0 Å². The second-order valence-electron chi connectivity index (χ2n) is 4.95. The molecule has 1 aromatic rings. The monoisotopic (exact) mass is 306 g/mol. The van der Waals surface area contributed by atoms with Crippen LogP contribution in [0.15, 0.2) is 28.7 Å². The first-order chi connectivity index (χ1) is 8.81. The highest BCUT2D eigenvalue weighted by Gasteiger charge is 2.22. The minimum atomic E-state index is 0.176. The molecule has 1 aliphatic rings. The molecule has 18 heavy (non-hydrogen) atoms. The van der Waals surface area contributed by atoms with Gasteiger partial charge in [0.2, 0.25) is 0 Å². The third-order valence-corrected chi connectivity index (χ3v) is 4.47. The average Bonchev–Trinajstić information content (AvgIpc) is 2.62. The van der Waals surface area contributed by atoms with Crippen LogP contribution in [0.3, 0.4) is 0 Å². The van der Waals surface area contributed by atoms with Crippen LogP contribution >= 0.6 is 15.9 Å². The molecule has 0 radical (unpaired) electrons. The Labute approximate surface area is 118 Å². The molecule has 0 aromatic heterocycles. The van der Waals surface area contributed by atoms with Crippen molar-refractivity contribution in [1.82, 2.24) is 5.32 Å². The minimum absolute atomic E-state index is 0.176. The van der Waals surface area contributed by atoms with Crippen molar-refractivity contribution in [2.45, 2.75) is 44.7 Å². The van der Waals surface area contributed by atoms with Crippen molar-refractivity contribution in [3.05, 3.63) is 34.3 Å². The molecule has 0 spiro atoms. The van der Waals surface area contributed by atoms with Crippen LogP contribution in [0.2, 0.25) is 0 Å². The van der Waals surface area contributed by atoms with Crippen LogP contribution in [-0.4, -0.2) is 6.04 Å². The number of hydrogen-bond donors (Lipinski definition) is 1. The maximum absolute atomic E-state index is 9.24. The van der Waals surface area contributed by atoms with Crippen molar-refractivity contribution >= 4 is 15.9 Å². The van der Waals surface area contributed by atoms with Gasteiger partial charge in [-0.15, -0.1) is 0 Å². The molecule has 0 aliphatic heterocycles. The Hall–Kier alpha value is -0.850. The van der Waals surface area contributed by atoms with Gasteiger partial charge in [0.1, 0.15) is 0 Å². The van der Waals surface area contributed by atoms with E-state index in [1.807, 2.05) is 6.07 Å². The summed E-state index contributed by atoms with van der Waals surface area (Å²) >= 11 is 3.56. The van der Waals surface area contributed by atoms with Crippen LogP contribution < -0.4 is 5.32 Å². The summed E-state index contributed by atoms with van der Waals surface area (Å²) in [6.07, 6.45) is 5.88. The smallest absolute Gasteiger partial charge is 0.0672 e. The van der Waals surface area contributed by atoms with Crippen molar-refractivity contribution < 1.29 is 0 Å². The Morgan fingerprint density at radius 3 is 2.78 bits per heavy atom. The molecular formula is C15H19BrN2. The van der Waals surface area contributed by atoms with Gasteiger partial charge in [0.05, 0.1) is 12.0 Å². The Morgan fingerprint density at radius 2 is 2.00 bits per heavy atom. The van der Waals surface area contributed by atoms with Gasteiger partial charge in [-0.05, 0) is 24.5 Å². The maximum Gasteiger partial charge on any atom is 0.0672 e. The molecular weight excluding hydrogens is 288 g/mol. The summed E-state index contributed by atoms with van der Waals surface area (Å²) in [5.41, 5.74) is 1.26. The Balaban J connectivity index is 1.96. The fourth-order valence-electron chi connectivity index (χ4n) is 2.59. The van der Waals surface area contributed by atoms with Crippen molar-refractivity contribution in [2.24, 2.45) is 5.92 Å². The normalized spacial score (nSPS) is 24.2. The van der Waals surface area contributed by atoms with Crippen molar-refractivity contribution in [3.63, 3.8) is 0 Å². The molecule has 1 aromatic carbocycles. The molecule has 2 rings (SSSR count). The quantitative estimate of drug-likeness (QED) is 0.856.